The molecule has 0 amide bonds. The lowest BCUT2D eigenvalue weighted by Gasteiger charge is -2.15. The Morgan fingerprint density at radius 2 is 2.24 bits per heavy atom. The summed E-state index contributed by atoms with van der Waals surface area (Å²) in [6.45, 7) is 5.39. The smallest absolute Gasteiger partial charge is 0.225 e. The van der Waals surface area contributed by atoms with Crippen LogP contribution in [0.3, 0.4) is 0 Å². The Bertz CT molecular complexity index is 317. The number of nitrogens with zero attached hydrogens (tertiary/aromatic N) is 2. The van der Waals surface area contributed by atoms with Gasteiger partial charge in [0.05, 0.1) is 7.11 Å². The molecule has 1 rings (SSSR count). The van der Waals surface area contributed by atoms with Crippen LogP contribution in [0.1, 0.15) is 39.5 Å². The molecule has 1 unspecified atom stereocenters. The average molecular weight is 237 g/mol. The molecule has 0 aliphatic heterocycles. The maximum absolute atomic E-state index is 5.06. The van der Waals surface area contributed by atoms with E-state index in [-0.39, 0.29) is 0 Å². The summed E-state index contributed by atoms with van der Waals surface area (Å²) in [5.41, 5.74) is 0. The molecule has 1 atom stereocenters. The molecular formula is C13H23N3O. The highest BCUT2D eigenvalue weighted by Crippen LogP contribution is 2.14. The second-order valence-corrected chi connectivity index (χ2v) is 4.22. The largest absolute Gasteiger partial charge is 0.481 e. The van der Waals surface area contributed by atoms with Crippen LogP contribution in [0.15, 0.2) is 12.3 Å². The Morgan fingerprint density at radius 1 is 1.41 bits per heavy atom. The van der Waals surface area contributed by atoms with Gasteiger partial charge >= 0.3 is 0 Å². The Balaban J connectivity index is 2.41. The van der Waals surface area contributed by atoms with Crippen LogP contribution in [0.5, 0.6) is 5.88 Å². The van der Waals surface area contributed by atoms with Gasteiger partial charge in [-0.05, 0) is 12.3 Å². The molecule has 0 saturated heterocycles. The minimum atomic E-state index is 0.601. The van der Waals surface area contributed by atoms with Crippen LogP contribution < -0.4 is 10.1 Å². The van der Waals surface area contributed by atoms with Crippen LogP contribution in [0.2, 0.25) is 0 Å². The quantitative estimate of drug-likeness (QED) is 0.754. The van der Waals surface area contributed by atoms with E-state index in [0.717, 1.165) is 6.54 Å². The molecule has 0 aromatic carbocycles. The van der Waals surface area contributed by atoms with Crippen molar-refractivity contribution < 1.29 is 4.74 Å². The van der Waals surface area contributed by atoms with Crippen molar-refractivity contribution in [1.29, 1.82) is 0 Å². The lowest BCUT2D eigenvalue weighted by Crippen LogP contribution is -2.15. The summed E-state index contributed by atoms with van der Waals surface area (Å²) in [5.74, 6) is 1.95. The molecule has 1 aromatic rings. The highest BCUT2D eigenvalue weighted by molar-refractivity contribution is 5.27. The lowest BCUT2D eigenvalue weighted by molar-refractivity contribution is 0.397. The normalized spacial score (nSPS) is 12.2. The van der Waals surface area contributed by atoms with Crippen molar-refractivity contribution in [3.63, 3.8) is 0 Å². The van der Waals surface area contributed by atoms with Crippen LogP contribution >= 0.6 is 0 Å². The highest BCUT2D eigenvalue weighted by Gasteiger charge is 2.06. The number of rotatable bonds is 8. The van der Waals surface area contributed by atoms with Gasteiger partial charge in [-0.2, -0.15) is 4.98 Å². The van der Waals surface area contributed by atoms with E-state index in [4.69, 9.17) is 4.74 Å². The third kappa shape index (κ3) is 5.02. The molecule has 1 aromatic heterocycles. The van der Waals surface area contributed by atoms with E-state index >= 15 is 0 Å². The summed E-state index contributed by atoms with van der Waals surface area (Å²) < 4.78 is 5.06. The van der Waals surface area contributed by atoms with Gasteiger partial charge in [-0.1, -0.05) is 33.1 Å². The molecule has 0 spiro atoms. The first kappa shape index (κ1) is 13.7. The summed E-state index contributed by atoms with van der Waals surface area (Å²) in [4.78, 5) is 8.40. The number of ether oxygens (including phenoxy) is 1. The zero-order chi connectivity index (χ0) is 12.5. The molecule has 96 valence electrons. The molecule has 0 radical (unpaired) electrons. The van der Waals surface area contributed by atoms with Crippen LogP contribution in [0.25, 0.3) is 0 Å². The van der Waals surface area contributed by atoms with E-state index in [1.165, 1.54) is 25.7 Å². The maximum Gasteiger partial charge on any atom is 0.225 e. The van der Waals surface area contributed by atoms with Gasteiger partial charge in [-0.3, -0.25) is 0 Å². The summed E-state index contributed by atoms with van der Waals surface area (Å²) in [7, 11) is 1.61. The lowest BCUT2D eigenvalue weighted by atomic mass is 9.99. The van der Waals surface area contributed by atoms with Gasteiger partial charge < -0.3 is 10.1 Å². The van der Waals surface area contributed by atoms with Gasteiger partial charge in [0.1, 0.15) is 0 Å². The Morgan fingerprint density at radius 3 is 2.88 bits per heavy atom. The average Bonchev–Trinajstić information content (AvgIpc) is 2.39. The van der Waals surface area contributed by atoms with E-state index in [1.54, 1.807) is 19.4 Å². The zero-order valence-corrected chi connectivity index (χ0v) is 11.1. The van der Waals surface area contributed by atoms with Crippen molar-refractivity contribution in [1.82, 2.24) is 9.97 Å². The van der Waals surface area contributed by atoms with E-state index in [2.05, 4.69) is 29.1 Å². The number of methoxy groups -OCH3 is 1. The summed E-state index contributed by atoms with van der Waals surface area (Å²) >= 11 is 0. The fourth-order valence-electron chi connectivity index (χ4n) is 1.72. The van der Waals surface area contributed by atoms with Crippen LogP contribution in [0, 0.1) is 5.92 Å². The Kier molecular flexibility index (Phi) is 6.37. The molecule has 0 aliphatic carbocycles. The van der Waals surface area contributed by atoms with Crippen molar-refractivity contribution in [3.05, 3.63) is 12.3 Å². The standard InChI is InChI=1S/C13H23N3O/c1-4-6-7-11(5-2)10-15-13-14-9-8-12(16-13)17-3/h8-9,11H,4-7,10H2,1-3H3,(H,14,15,16). The maximum atomic E-state index is 5.06. The monoisotopic (exact) mass is 237 g/mol. The number of hydrogen-bond acceptors (Lipinski definition) is 4. The summed E-state index contributed by atoms with van der Waals surface area (Å²) in [6, 6.07) is 1.75. The molecule has 4 nitrogen and oxygen atoms in total. The van der Waals surface area contributed by atoms with Gasteiger partial charge in [0, 0.05) is 18.8 Å². The van der Waals surface area contributed by atoms with Gasteiger partial charge in [0.2, 0.25) is 11.8 Å². The predicted molar refractivity (Wildman–Crippen MR) is 70.4 cm³/mol. The van der Waals surface area contributed by atoms with Crippen LogP contribution in [0.4, 0.5) is 5.95 Å². The molecule has 17 heavy (non-hydrogen) atoms. The van der Waals surface area contributed by atoms with Crippen LogP contribution in [-0.2, 0) is 0 Å². The first-order chi connectivity index (χ1) is 8.30. The zero-order valence-electron chi connectivity index (χ0n) is 11.1. The van der Waals surface area contributed by atoms with Gasteiger partial charge in [0.15, 0.2) is 0 Å². The van der Waals surface area contributed by atoms with Crippen molar-refractivity contribution in [2.45, 2.75) is 39.5 Å². The van der Waals surface area contributed by atoms with Crippen molar-refractivity contribution in [2.75, 3.05) is 19.0 Å². The SMILES string of the molecule is CCCCC(CC)CNc1nccc(OC)n1. The number of anilines is 1. The van der Waals surface area contributed by atoms with Crippen molar-refractivity contribution >= 4 is 5.95 Å². The molecule has 4 heteroatoms. The van der Waals surface area contributed by atoms with E-state index in [0.29, 0.717) is 17.7 Å². The topological polar surface area (TPSA) is 47.0 Å². The fraction of sp³-hybridized carbons (Fsp3) is 0.692. The number of unbranched alkanes of at least 4 members (excludes halogenated alkanes) is 1. The van der Waals surface area contributed by atoms with E-state index in [9.17, 15) is 0 Å². The Hall–Kier alpha value is -1.32. The molecule has 1 N–H and O–H groups in total. The number of nitrogens with one attached hydrogen (secondary N) is 1. The van der Waals surface area contributed by atoms with E-state index in [1.807, 2.05) is 0 Å². The summed E-state index contributed by atoms with van der Waals surface area (Å²) in [5, 5.41) is 3.28. The third-order valence-corrected chi connectivity index (χ3v) is 2.93. The number of aromatic nitrogens is 2. The predicted octanol–water partition coefficient (Wildman–Crippen LogP) is 3.11. The first-order valence-corrected chi connectivity index (χ1v) is 6.41. The third-order valence-electron chi connectivity index (χ3n) is 2.93. The molecule has 1 heterocycles. The molecule has 0 saturated carbocycles. The highest BCUT2D eigenvalue weighted by atomic mass is 16.5. The van der Waals surface area contributed by atoms with Gasteiger partial charge in [0.25, 0.3) is 0 Å². The van der Waals surface area contributed by atoms with Crippen molar-refractivity contribution in [3.8, 4) is 5.88 Å². The van der Waals surface area contributed by atoms with E-state index < -0.39 is 0 Å². The molecule has 0 fully saturated rings. The van der Waals surface area contributed by atoms with Gasteiger partial charge in [-0.25, -0.2) is 4.98 Å². The van der Waals surface area contributed by atoms with Crippen LogP contribution in [-0.4, -0.2) is 23.6 Å². The van der Waals surface area contributed by atoms with Crippen molar-refractivity contribution in [2.24, 2.45) is 5.92 Å². The summed E-state index contributed by atoms with van der Waals surface area (Å²) in [6.07, 6.45) is 6.72. The van der Waals surface area contributed by atoms with Gasteiger partial charge in [-0.15, -0.1) is 0 Å². The Labute approximate surface area is 104 Å². The molecular weight excluding hydrogens is 214 g/mol. The first-order valence-electron chi connectivity index (χ1n) is 6.41. The fourth-order valence-corrected chi connectivity index (χ4v) is 1.72. The molecule has 0 bridgehead atoms. The molecule has 0 aliphatic rings. The second kappa shape index (κ2) is 7.87. The number of hydrogen-bond donors (Lipinski definition) is 1. The minimum Gasteiger partial charge on any atom is -0.481 e. The second-order valence-electron chi connectivity index (χ2n) is 4.22. The minimum absolute atomic E-state index is 0.601.